The Morgan fingerprint density at radius 1 is 1.12 bits per heavy atom. The largest absolute Gasteiger partial charge is 0.444 e. The van der Waals surface area contributed by atoms with E-state index in [4.69, 9.17) is 4.74 Å². The molecule has 24 heavy (non-hydrogen) atoms. The molecule has 0 N–H and O–H groups in total. The van der Waals surface area contributed by atoms with Crippen LogP contribution < -0.4 is 0 Å². The number of carbonyl (C=O) groups is 1. The molecule has 0 aromatic heterocycles. The molecule has 1 heterocycles. The second kappa shape index (κ2) is 7.32. The van der Waals surface area contributed by atoms with Gasteiger partial charge >= 0.3 is 6.09 Å². The summed E-state index contributed by atoms with van der Waals surface area (Å²) in [4.78, 5) is 13.8. The van der Waals surface area contributed by atoms with E-state index in [1.165, 1.54) is 17.7 Å². The van der Waals surface area contributed by atoms with Gasteiger partial charge in [0.25, 0.3) is 0 Å². The molecule has 0 bridgehead atoms. The second-order valence-electron chi connectivity index (χ2n) is 7.31. The predicted octanol–water partition coefficient (Wildman–Crippen LogP) is 4.85. The lowest BCUT2D eigenvalue weighted by molar-refractivity contribution is 0.0236. The number of amides is 1. The van der Waals surface area contributed by atoms with Gasteiger partial charge in [-0.05, 0) is 64.7 Å². The molecule has 0 spiro atoms. The molecule has 1 aliphatic rings. The fourth-order valence-corrected chi connectivity index (χ4v) is 2.86. The zero-order valence-electron chi connectivity index (χ0n) is 14.8. The van der Waals surface area contributed by atoms with E-state index in [0.29, 0.717) is 25.1 Å². The summed E-state index contributed by atoms with van der Waals surface area (Å²) in [6.07, 6.45) is 1.77. The molecular formula is C19H25F2NO2. The summed E-state index contributed by atoms with van der Waals surface area (Å²) in [7, 11) is 0. The molecule has 132 valence electrons. The molecule has 0 radical (unpaired) electrons. The van der Waals surface area contributed by atoms with E-state index in [9.17, 15) is 13.6 Å². The van der Waals surface area contributed by atoms with Crippen LogP contribution in [0.3, 0.4) is 0 Å². The van der Waals surface area contributed by atoms with E-state index in [1.54, 1.807) is 4.90 Å². The van der Waals surface area contributed by atoms with Crippen molar-refractivity contribution in [3.63, 3.8) is 0 Å². The van der Waals surface area contributed by atoms with Gasteiger partial charge in [-0.25, -0.2) is 13.6 Å². The number of benzene rings is 1. The highest BCUT2D eigenvalue weighted by molar-refractivity contribution is 5.68. The van der Waals surface area contributed by atoms with Crippen LogP contribution in [-0.4, -0.2) is 29.7 Å². The lowest BCUT2D eigenvalue weighted by Crippen LogP contribution is -2.40. The maximum atomic E-state index is 13.3. The van der Waals surface area contributed by atoms with Crippen LogP contribution in [0.2, 0.25) is 0 Å². The third-order valence-corrected chi connectivity index (χ3v) is 4.01. The minimum Gasteiger partial charge on any atom is -0.444 e. The Balaban J connectivity index is 1.97. The molecule has 0 aliphatic carbocycles. The number of halogens is 2. The van der Waals surface area contributed by atoms with Gasteiger partial charge < -0.3 is 9.64 Å². The molecule has 5 heteroatoms. The molecule has 1 aromatic carbocycles. The summed E-state index contributed by atoms with van der Waals surface area (Å²) >= 11 is 0. The highest BCUT2D eigenvalue weighted by Gasteiger charge is 2.25. The maximum absolute atomic E-state index is 13.3. The number of allylic oxidation sites excluding steroid dienone is 1. The highest BCUT2D eigenvalue weighted by atomic mass is 19.1. The Bertz CT molecular complexity index is 617. The van der Waals surface area contributed by atoms with Gasteiger partial charge in [0.1, 0.15) is 17.2 Å². The molecule has 1 amide bonds. The van der Waals surface area contributed by atoms with Crippen LogP contribution in [0.5, 0.6) is 0 Å². The van der Waals surface area contributed by atoms with Crippen molar-refractivity contribution in [2.24, 2.45) is 0 Å². The molecule has 1 saturated heterocycles. The van der Waals surface area contributed by atoms with Gasteiger partial charge in [-0.15, -0.1) is 0 Å². The summed E-state index contributed by atoms with van der Waals surface area (Å²) in [6, 6.07) is 3.61. The monoisotopic (exact) mass is 337 g/mol. The first-order valence-electron chi connectivity index (χ1n) is 8.24. The topological polar surface area (TPSA) is 29.5 Å². The Morgan fingerprint density at radius 2 is 1.67 bits per heavy atom. The fraction of sp³-hybridized carbons (Fsp3) is 0.526. The number of ether oxygens (including phenoxy) is 1. The van der Waals surface area contributed by atoms with Crippen LogP contribution >= 0.6 is 0 Å². The lowest BCUT2D eigenvalue weighted by Gasteiger charge is -2.31. The molecule has 1 aliphatic heterocycles. The molecule has 0 saturated carbocycles. The molecular weight excluding hydrogens is 312 g/mol. The van der Waals surface area contributed by atoms with Crippen molar-refractivity contribution in [1.82, 2.24) is 4.90 Å². The Morgan fingerprint density at radius 3 is 2.17 bits per heavy atom. The first kappa shape index (κ1) is 18.4. The maximum Gasteiger partial charge on any atom is 0.410 e. The number of likely N-dealkylation sites (tertiary alicyclic amines) is 1. The number of nitrogens with zero attached hydrogens (tertiary/aromatic N) is 1. The van der Waals surface area contributed by atoms with Crippen LogP contribution in [0, 0.1) is 11.6 Å². The standard InChI is InChI=1S/C19H25F2NO2/c1-13(9-14-10-16(20)12-17(21)11-14)15-5-7-22(8-6-15)18(23)24-19(2,3)4/h10-12H,5-9H2,1-4H3. The Hall–Kier alpha value is -1.91. The summed E-state index contributed by atoms with van der Waals surface area (Å²) in [5.41, 5.74) is 2.50. The average molecular weight is 337 g/mol. The van der Waals surface area contributed by atoms with E-state index in [0.717, 1.165) is 24.5 Å². The molecule has 0 atom stereocenters. The highest BCUT2D eigenvalue weighted by Crippen LogP contribution is 2.24. The van der Waals surface area contributed by atoms with E-state index < -0.39 is 17.2 Å². The predicted molar refractivity (Wildman–Crippen MR) is 89.8 cm³/mol. The van der Waals surface area contributed by atoms with Crippen molar-refractivity contribution in [3.8, 4) is 0 Å². The molecule has 2 rings (SSSR count). The third kappa shape index (κ3) is 5.32. The van der Waals surface area contributed by atoms with Gasteiger partial charge in [-0.2, -0.15) is 0 Å². The molecule has 1 aromatic rings. The lowest BCUT2D eigenvalue weighted by atomic mass is 9.94. The van der Waals surface area contributed by atoms with E-state index in [-0.39, 0.29) is 6.09 Å². The van der Waals surface area contributed by atoms with Crippen LogP contribution in [0.25, 0.3) is 0 Å². The SMILES string of the molecule is CC(Cc1cc(F)cc(F)c1)=C1CCN(C(=O)OC(C)(C)C)CC1. The molecule has 3 nitrogen and oxygen atoms in total. The zero-order valence-corrected chi connectivity index (χ0v) is 14.8. The van der Waals surface area contributed by atoms with Gasteiger partial charge in [0.2, 0.25) is 0 Å². The zero-order chi connectivity index (χ0) is 17.9. The number of rotatable bonds is 2. The van der Waals surface area contributed by atoms with Gasteiger partial charge in [0.15, 0.2) is 0 Å². The fourth-order valence-electron chi connectivity index (χ4n) is 2.86. The molecule has 1 fully saturated rings. The van der Waals surface area contributed by atoms with Crippen molar-refractivity contribution >= 4 is 6.09 Å². The van der Waals surface area contributed by atoms with Crippen molar-refractivity contribution in [3.05, 3.63) is 46.5 Å². The number of hydrogen-bond donors (Lipinski definition) is 0. The summed E-state index contributed by atoms with van der Waals surface area (Å²) in [5, 5.41) is 0. The summed E-state index contributed by atoms with van der Waals surface area (Å²) in [6.45, 7) is 8.76. The minimum absolute atomic E-state index is 0.286. The Kier molecular flexibility index (Phi) is 5.62. The van der Waals surface area contributed by atoms with Crippen LogP contribution in [0.4, 0.5) is 13.6 Å². The van der Waals surface area contributed by atoms with E-state index in [1.807, 2.05) is 27.7 Å². The van der Waals surface area contributed by atoms with Crippen LogP contribution in [-0.2, 0) is 11.2 Å². The first-order chi connectivity index (χ1) is 11.1. The summed E-state index contributed by atoms with van der Waals surface area (Å²) < 4.78 is 31.9. The van der Waals surface area contributed by atoms with Gasteiger partial charge in [0.05, 0.1) is 0 Å². The van der Waals surface area contributed by atoms with Crippen molar-refractivity contribution in [1.29, 1.82) is 0 Å². The van der Waals surface area contributed by atoms with Crippen molar-refractivity contribution in [2.75, 3.05) is 13.1 Å². The van der Waals surface area contributed by atoms with Crippen molar-refractivity contribution in [2.45, 2.75) is 52.6 Å². The summed E-state index contributed by atoms with van der Waals surface area (Å²) in [5.74, 6) is -1.11. The van der Waals surface area contributed by atoms with Crippen LogP contribution in [0.15, 0.2) is 29.3 Å². The number of hydrogen-bond acceptors (Lipinski definition) is 2. The van der Waals surface area contributed by atoms with E-state index >= 15 is 0 Å². The molecule has 0 unspecified atom stereocenters. The second-order valence-corrected chi connectivity index (χ2v) is 7.31. The van der Waals surface area contributed by atoms with Crippen molar-refractivity contribution < 1.29 is 18.3 Å². The quantitative estimate of drug-likeness (QED) is 0.722. The first-order valence-corrected chi connectivity index (χ1v) is 8.24. The van der Waals surface area contributed by atoms with Gasteiger partial charge in [0, 0.05) is 19.2 Å². The Labute approximate surface area is 142 Å². The smallest absolute Gasteiger partial charge is 0.410 e. The normalized spacial score (nSPS) is 15.4. The third-order valence-electron chi connectivity index (χ3n) is 4.01. The van der Waals surface area contributed by atoms with Crippen LogP contribution in [0.1, 0.15) is 46.1 Å². The minimum atomic E-state index is -0.553. The number of piperidine rings is 1. The number of carbonyl (C=O) groups excluding carboxylic acids is 1. The van der Waals surface area contributed by atoms with Gasteiger partial charge in [-0.3, -0.25) is 0 Å². The van der Waals surface area contributed by atoms with Gasteiger partial charge in [-0.1, -0.05) is 11.1 Å². The van der Waals surface area contributed by atoms with E-state index in [2.05, 4.69) is 0 Å². The average Bonchev–Trinajstić information content (AvgIpc) is 2.44.